The number of nitrogens with zero attached hydrogens (tertiary/aromatic N) is 2. The number of thioether (sulfide) groups is 1. The van der Waals surface area contributed by atoms with Crippen LogP contribution in [0.25, 0.3) is 0 Å². The van der Waals surface area contributed by atoms with Crippen molar-refractivity contribution in [1.82, 2.24) is 10.3 Å². The maximum atomic E-state index is 10.4. The highest BCUT2D eigenvalue weighted by Gasteiger charge is 2.12. The predicted molar refractivity (Wildman–Crippen MR) is 50.8 cm³/mol. The molecule has 14 heavy (non-hydrogen) atoms. The van der Waals surface area contributed by atoms with Crippen LogP contribution >= 0.6 is 11.8 Å². The number of carbonyl (C=O) groups is 1. The van der Waals surface area contributed by atoms with Gasteiger partial charge in [0.15, 0.2) is 0 Å². The average Bonchev–Trinajstić information content (AvgIpc) is 2.51. The molecule has 1 aromatic rings. The highest BCUT2D eigenvalue weighted by Crippen LogP contribution is 2.12. The summed E-state index contributed by atoms with van der Waals surface area (Å²) in [4.78, 5) is 10.4. The number of rotatable bonds is 5. The first-order valence-electron chi connectivity index (χ1n) is 3.95. The fourth-order valence-corrected chi connectivity index (χ4v) is 1.70. The SMILES string of the molecule is Cc1nonc1CSC[C@H](N)C(=O)O. The lowest BCUT2D eigenvalue weighted by Gasteiger charge is -2.03. The normalized spacial score (nSPS) is 12.7. The lowest BCUT2D eigenvalue weighted by Crippen LogP contribution is -2.32. The molecule has 0 spiro atoms. The van der Waals surface area contributed by atoms with Crippen molar-refractivity contribution in [3.05, 3.63) is 11.4 Å². The van der Waals surface area contributed by atoms with E-state index in [0.29, 0.717) is 11.5 Å². The van der Waals surface area contributed by atoms with E-state index in [4.69, 9.17) is 10.8 Å². The minimum absolute atomic E-state index is 0.349. The molecule has 0 amide bonds. The smallest absolute Gasteiger partial charge is 0.321 e. The number of hydrogen-bond acceptors (Lipinski definition) is 6. The van der Waals surface area contributed by atoms with Gasteiger partial charge in [0.2, 0.25) is 0 Å². The standard InChI is InChI=1S/C7H11N3O3S/c1-4-6(10-13-9-4)3-14-2-5(8)7(11)12/h5H,2-3,8H2,1H3,(H,11,12)/t5-/m0/s1. The molecule has 6 nitrogen and oxygen atoms in total. The third-order valence-electron chi connectivity index (χ3n) is 1.60. The van der Waals surface area contributed by atoms with Gasteiger partial charge in [0.05, 0.1) is 0 Å². The fraction of sp³-hybridized carbons (Fsp3) is 0.571. The summed E-state index contributed by atoms with van der Waals surface area (Å²) in [5.74, 6) is -0.0784. The molecule has 7 heteroatoms. The summed E-state index contributed by atoms with van der Waals surface area (Å²) < 4.78 is 4.49. The van der Waals surface area contributed by atoms with Crippen molar-refractivity contribution in [2.75, 3.05) is 5.75 Å². The fourth-order valence-electron chi connectivity index (χ4n) is 0.734. The molecule has 0 aliphatic carbocycles. The van der Waals surface area contributed by atoms with E-state index in [1.165, 1.54) is 11.8 Å². The Morgan fingerprint density at radius 3 is 2.93 bits per heavy atom. The molecule has 0 aliphatic rings. The molecule has 1 rings (SSSR count). The first-order valence-corrected chi connectivity index (χ1v) is 5.11. The van der Waals surface area contributed by atoms with Gasteiger partial charge in [-0.2, -0.15) is 11.8 Å². The quantitative estimate of drug-likeness (QED) is 0.716. The topological polar surface area (TPSA) is 102 Å². The highest BCUT2D eigenvalue weighted by atomic mass is 32.2. The Morgan fingerprint density at radius 2 is 2.43 bits per heavy atom. The van der Waals surface area contributed by atoms with Gasteiger partial charge in [-0.25, -0.2) is 4.63 Å². The van der Waals surface area contributed by atoms with Gasteiger partial charge in [-0.15, -0.1) is 0 Å². The third-order valence-corrected chi connectivity index (χ3v) is 2.67. The first-order chi connectivity index (χ1) is 6.61. The lowest BCUT2D eigenvalue weighted by molar-refractivity contribution is -0.137. The van der Waals surface area contributed by atoms with Gasteiger partial charge in [0.25, 0.3) is 0 Å². The van der Waals surface area contributed by atoms with Crippen LogP contribution in [0.1, 0.15) is 11.4 Å². The zero-order valence-electron chi connectivity index (χ0n) is 7.64. The van der Waals surface area contributed by atoms with E-state index in [-0.39, 0.29) is 0 Å². The predicted octanol–water partition coefficient (Wildman–Crippen LogP) is 0.0231. The molecule has 78 valence electrons. The van der Waals surface area contributed by atoms with Gasteiger partial charge in [-0.05, 0) is 6.92 Å². The Hall–Kier alpha value is -1.08. The van der Waals surface area contributed by atoms with Crippen molar-refractivity contribution in [3.8, 4) is 0 Å². The number of aromatic nitrogens is 2. The molecule has 0 fully saturated rings. The van der Waals surface area contributed by atoms with Gasteiger partial charge in [-0.1, -0.05) is 10.3 Å². The van der Waals surface area contributed by atoms with Crippen LogP contribution in [-0.4, -0.2) is 33.2 Å². The second-order valence-electron chi connectivity index (χ2n) is 2.76. The molecule has 0 unspecified atom stereocenters. The molecular weight excluding hydrogens is 206 g/mol. The number of carboxylic acid groups (broad SMARTS) is 1. The molecule has 1 atom stereocenters. The van der Waals surface area contributed by atoms with E-state index >= 15 is 0 Å². The van der Waals surface area contributed by atoms with Crippen LogP contribution in [0.5, 0.6) is 0 Å². The highest BCUT2D eigenvalue weighted by molar-refractivity contribution is 7.98. The Labute approximate surface area is 84.8 Å². The van der Waals surface area contributed by atoms with E-state index in [2.05, 4.69) is 14.9 Å². The monoisotopic (exact) mass is 217 g/mol. The van der Waals surface area contributed by atoms with Gasteiger partial charge < -0.3 is 10.8 Å². The van der Waals surface area contributed by atoms with Gasteiger partial charge >= 0.3 is 5.97 Å². The van der Waals surface area contributed by atoms with E-state index in [1.54, 1.807) is 6.92 Å². The minimum atomic E-state index is -0.993. The molecule has 1 aromatic heterocycles. The molecule has 0 saturated heterocycles. The van der Waals surface area contributed by atoms with Crippen LogP contribution in [0.3, 0.4) is 0 Å². The minimum Gasteiger partial charge on any atom is -0.480 e. The Bertz CT molecular complexity index is 315. The van der Waals surface area contributed by atoms with Crippen LogP contribution < -0.4 is 5.73 Å². The van der Waals surface area contributed by atoms with E-state index in [0.717, 1.165) is 11.4 Å². The van der Waals surface area contributed by atoms with Crippen LogP contribution in [-0.2, 0) is 10.5 Å². The lowest BCUT2D eigenvalue weighted by atomic mass is 10.4. The molecule has 3 N–H and O–H groups in total. The summed E-state index contributed by atoms with van der Waals surface area (Å²) in [5.41, 5.74) is 6.77. The average molecular weight is 217 g/mol. The largest absolute Gasteiger partial charge is 0.480 e. The zero-order valence-corrected chi connectivity index (χ0v) is 8.45. The van der Waals surface area contributed by atoms with Crippen molar-refractivity contribution in [3.63, 3.8) is 0 Å². The van der Waals surface area contributed by atoms with Crippen LogP contribution in [0, 0.1) is 6.92 Å². The molecular formula is C7H11N3O3S. The van der Waals surface area contributed by atoms with E-state index in [9.17, 15) is 4.79 Å². The summed E-state index contributed by atoms with van der Waals surface area (Å²) in [6, 6.07) is -0.833. The number of carboxylic acids is 1. The number of aryl methyl sites for hydroxylation is 1. The second-order valence-corrected chi connectivity index (χ2v) is 3.79. The van der Waals surface area contributed by atoms with Gasteiger partial charge in [0.1, 0.15) is 17.4 Å². The van der Waals surface area contributed by atoms with Crippen molar-refractivity contribution >= 4 is 17.7 Å². The van der Waals surface area contributed by atoms with Crippen LogP contribution in [0.4, 0.5) is 0 Å². The molecule has 0 aromatic carbocycles. The molecule has 0 saturated carbocycles. The third kappa shape index (κ3) is 3.00. The van der Waals surface area contributed by atoms with Crippen molar-refractivity contribution < 1.29 is 14.5 Å². The van der Waals surface area contributed by atoms with Gasteiger partial charge in [0, 0.05) is 11.5 Å². The summed E-state index contributed by atoms with van der Waals surface area (Å²) >= 11 is 1.39. The molecule has 0 bridgehead atoms. The maximum absolute atomic E-state index is 10.4. The zero-order chi connectivity index (χ0) is 10.6. The van der Waals surface area contributed by atoms with Crippen molar-refractivity contribution in [1.29, 1.82) is 0 Å². The van der Waals surface area contributed by atoms with Crippen LogP contribution in [0.2, 0.25) is 0 Å². The summed E-state index contributed by atoms with van der Waals surface area (Å²) in [6.45, 7) is 1.78. The summed E-state index contributed by atoms with van der Waals surface area (Å²) in [5, 5.41) is 15.8. The van der Waals surface area contributed by atoms with Crippen molar-refractivity contribution in [2.24, 2.45) is 5.73 Å². The Kier molecular flexibility index (Phi) is 3.90. The summed E-state index contributed by atoms with van der Waals surface area (Å²) in [6.07, 6.45) is 0. The molecule has 0 aliphatic heterocycles. The number of aliphatic carboxylic acids is 1. The first kappa shape index (κ1) is 11.0. The van der Waals surface area contributed by atoms with Crippen LogP contribution in [0.15, 0.2) is 4.63 Å². The number of hydrogen-bond donors (Lipinski definition) is 2. The second kappa shape index (κ2) is 4.97. The Morgan fingerprint density at radius 1 is 1.71 bits per heavy atom. The van der Waals surface area contributed by atoms with E-state index < -0.39 is 12.0 Å². The number of nitrogens with two attached hydrogens (primary N) is 1. The maximum Gasteiger partial charge on any atom is 0.321 e. The molecule has 0 radical (unpaired) electrons. The Balaban J connectivity index is 2.29. The van der Waals surface area contributed by atoms with Crippen molar-refractivity contribution in [2.45, 2.75) is 18.7 Å². The molecule has 1 heterocycles. The van der Waals surface area contributed by atoms with E-state index in [1.807, 2.05) is 0 Å². The van der Waals surface area contributed by atoms with Gasteiger partial charge in [-0.3, -0.25) is 4.79 Å². The summed E-state index contributed by atoms with van der Waals surface area (Å²) in [7, 11) is 0.